The van der Waals surface area contributed by atoms with Crippen LogP contribution in [-0.4, -0.2) is 49.2 Å². The average Bonchev–Trinajstić information content (AvgIpc) is 2.50. The van der Waals surface area contributed by atoms with E-state index in [9.17, 15) is 4.79 Å². The zero-order chi connectivity index (χ0) is 15.5. The first-order valence-corrected chi connectivity index (χ1v) is 7.74. The van der Waals surface area contributed by atoms with Crippen molar-refractivity contribution < 1.29 is 9.90 Å². The third-order valence-electron chi connectivity index (χ3n) is 3.59. The van der Waals surface area contributed by atoms with Crippen molar-refractivity contribution in [2.45, 2.75) is 32.1 Å². The van der Waals surface area contributed by atoms with Crippen LogP contribution >= 0.6 is 0 Å². The Morgan fingerprint density at radius 1 is 1.24 bits per heavy atom. The summed E-state index contributed by atoms with van der Waals surface area (Å²) >= 11 is 0. The Morgan fingerprint density at radius 3 is 2.62 bits per heavy atom. The summed E-state index contributed by atoms with van der Waals surface area (Å²) in [5, 5.41) is 11.7. The van der Waals surface area contributed by atoms with Gasteiger partial charge < -0.3 is 10.4 Å². The molecule has 0 aliphatic carbocycles. The number of likely N-dealkylation sites (N-methyl/N-ethyl adjacent to an activating group) is 1. The van der Waals surface area contributed by atoms with Gasteiger partial charge in [-0.05, 0) is 44.3 Å². The van der Waals surface area contributed by atoms with Crippen LogP contribution in [0, 0.1) is 0 Å². The number of carbonyl (C=O) groups is 1. The molecule has 1 amide bonds. The second-order valence-electron chi connectivity index (χ2n) is 5.64. The van der Waals surface area contributed by atoms with E-state index in [4.69, 9.17) is 5.11 Å². The number of unbranched alkanes of at least 4 members (excludes halogenated alkanes) is 2. The lowest BCUT2D eigenvalue weighted by atomic mass is 10.0. The number of rotatable bonds is 10. The molecule has 21 heavy (non-hydrogen) atoms. The number of amides is 1. The maximum absolute atomic E-state index is 11.9. The molecule has 2 N–H and O–H groups in total. The molecule has 1 rings (SSSR count). The lowest BCUT2D eigenvalue weighted by Gasteiger charge is -2.18. The van der Waals surface area contributed by atoms with Gasteiger partial charge in [0.05, 0.1) is 6.54 Å². The number of hydrogen-bond acceptors (Lipinski definition) is 3. The van der Waals surface area contributed by atoms with Crippen molar-refractivity contribution in [1.82, 2.24) is 10.2 Å². The fourth-order valence-corrected chi connectivity index (χ4v) is 2.22. The van der Waals surface area contributed by atoms with Crippen molar-refractivity contribution >= 4 is 5.91 Å². The fourth-order valence-electron chi connectivity index (χ4n) is 2.22. The van der Waals surface area contributed by atoms with Gasteiger partial charge >= 0.3 is 0 Å². The summed E-state index contributed by atoms with van der Waals surface area (Å²) in [5.41, 5.74) is 1.25. The van der Waals surface area contributed by atoms with Crippen LogP contribution in [-0.2, 0) is 4.79 Å². The van der Waals surface area contributed by atoms with E-state index in [0.717, 1.165) is 25.8 Å². The van der Waals surface area contributed by atoms with Gasteiger partial charge in [-0.3, -0.25) is 9.69 Å². The van der Waals surface area contributed by atoms with E-state index in [1.54, 1.807) is 0 Å². The van der Waals surface area contributed by atoms with E-state index in [1.807, 2.05) is 30.1 Å². The van der Waals surface area contributed by atoms with Crippen molar-refractivity contribution in [3.8, 4) is 0 Å². The zero-order valence-corrected chi connectivity index (χ0v) is 13.2. The first-order chi connectivity index (χ1) is 10.1. The van der Waals surface area contributed by atoms with E-state index in [2.05, 4.69) is 24.4 Å². The summed E-state index contributed by atoms with van der Waals surface area (Å²) in [7, 11) is 1.96. The summed E-state index contributed by atoms with van der Waals surface area (Å²) in [5.74, 6) is 0.396. The summed E-state index contributed by atoms with van der Waals surface area (Å²) in [4.78, 5) is 13.9. The minimum absolute atomic E-state index is 0.0717. The molecule has 0 fully saturated rings. The molecule has 118 valence electrons. The lowest BCUT2D eigenvalue weighted by molar-refractivity contribution is -0.122. The van der Waals surface area contributed by atoms with Gasteiger partial charge in [0, 0.05) is 13.2 Å². The molecule has 4 heteroatoms. The molecular weight excluding hydrogens is 264 g/mol. The predicted octanol–water partition coefficient (Wildman–Crippen LogP) is 2.00. The van der Waals surface area contributed by atoms with E-state index in [1.165, 1.54) is 5.56 Å². The average molecular weight is 292 g/mol. The van der Waals surface area contributed by atoms with Gasteiger partial charge in [-0.2, -0.15) is 0 Å². The molecule has 0 spiro atoms. The maximum Gasteiger partial charge on any atom is 0.234 e. The molecule has 4 nitrogen and oxygen atoms in total. The second-order valence-corrected chi connectivity index (χ2v) is 5.64. The largest absolute Gasteiger partial charge is 0.396 e. The van der Waals surface area contributed by atoms with Crippen molar-refractivity contribution in [2.75, 3.05) is 33.3 Å². The highest BCUT2D eigenvalue weighted by molar-refractivity contribution is 5.78. The standard InChI is InChI=1S/C17H28N2O2/c1-15(16-9-5-3-6-10-16)13-18-17(21)14-19(2)11-7-4-8-12-20/h3,5-6,9-10,15,20H,4,7-8,11-14H2,1-2H3,(H,18,21). The van der Waals surface area contributed by atoms with E-state index >= 15 is 0 Å². The van der Waals surface area contributed by atoms with Crippen LogP contribution < -0.4 is 5.32 Å². The van der Waals surface area contributed by atoms with Gasteiger partial charge in [-0.15, -0.1) is 0 Å². The first kappa shape index (κ1) is 17.7. The summed E-state index contributed by atoms with van der Waals surface area (Å²) in [6.07, 6.45) is 2.87. The molecule has 0 aliphatic heterocycles. The molecular formula is C17H28N2O2. The van der Waals surface area contributed by atoms with Crippen LogP contribution in [0.1, 0.15) is 37.7 Å². The lowest BCUT2D eigenvalue weighted by Crippen LogP contribution is -2.37. The van der Waals surface area contributed by atoms with Crippen molar-refractivity contribution in [1.29, 1.82) is 0 Å². The molecule has 1 aromatic carbocycles. The van der Waals surface area contributed by atoms with Crippen molar-refractivity contribution in [2.24, 2.45) is 0 Å². The quantitative estimate of drug-likeness (QED) is 0.649. The molecule has 1 atom stereocenters. The predicted molar refractivity (Wildman–Crippen MR) is 86.3 cm³/mol. The minimum atomic E-state index is 0.0717. The minimum Gasteiger partial charge on any atom is -0.396 e. The molecule has 0 aliphatic rings. The Bertz CT molecular complexity index is 395. The Kier molecular flexibility index (Phi) is 8.71. The first-order valence-electron chi connectivity index (χ1n) is 7.74. The van der Waals surface area contributed by atoms with Crippen LogP contribution in [0.5, 0.6) is 0 Å². The number of aliphatic hydroxyl groups is 1. The number of benzene rings is 1. The molecule has 0 bridgehead atoms. The Hall–Kier alpha value is -1.39. The molecule has 0 heterocycles. The Labute approximate surface area is 128 Å². The smallest absolute Gasteiger partial charge is 0.234 e. The van der Waals surface area contributed by atoms with Gasteiger partial charge in [-0.25, -0.2) is 0 Å². The van der Waals surface area contributed by atoms with E-state index in [-0.39, 0.29) is 12.5 Å². The van der Waals surface area contributed by atoms with Crippen molar-refractivity contribution in [3.63, 3.8) is 0 Å². The van der Waals surface area contributed by atoms with Crippen LogP contribution in [0.15, 0.2) is 30.3 Å². The maximum atomic E-state index is 11.9. The highest BCUT2D eigenvalue weighted by Gasteiger charge is 2.09. The van der Waals surface area contributed by atoms with Gasteiger partial charge in [0.25, 0.3) is 0 Å². The molecule has 0 saturated carbocycles. The van der Waals surface area contributed by atoms with Gasteiger partial charge in [0.15, 0.2) is 0 Å². The summed E-state index contributed by atoms with van der Waals surface area (Å²) in [6, 6.07) is 10.2. The highest BCUT2D eigenvalue weighted by Crippen LogP contribution is 2.12. The van der Waals surface area contributed by atoms with Crippen LogP contribution in [0.25, 0.3) is 0 Å². The van der Waals surface area contributed by atoms with Crippen LogP contribution in [0.3, 0.4) is 0 Å². The fraction of sp³-hybridized carbons (Fsp3) is 0.588. The number of hydrogen-bond donors (Lipinski definition) is 2. The molecule has 1 unspecified atom stereocenters. The van der Waals surface area contributed by atoms with Gasteiger partial charge in [0.2, 0.25) is 5.91 Å². The monoisotopic (exact) mass is 292 g/mol. The van der Waals surface area contributed by atoms with E-state index < -0.39 is 0 Å². The molecule has 0 aromatic heterocycles. The topological polar surface area (TPSA) is 52.6 Å². The molecule has 0 radical (unpaired) electrons. The summed E-state index contributed by atoms with van der Waals surface area (Å²) < 4.78 is 0. The Balaban J connectivity index is 2.18. The third kappa shape index (κ3) is 7.83. The number of aliphatic hydroxyl groups excluding tert-OH is 1. The zero-order valence-electron chi connectivity index (χ0n) is 13.2. The van der Waals surface area contributed by atoms with Crippen molar-refractivity contribution in [3.05, 3.63) is 35.9 Å². The second kappa shape index (κ2) is 10.4. The van der Waals surface area contributed by atoms with Crippen LogP contribution in [0.4, 0.5) is 0 Å². The van der Waals surface area contributed by atoms with E-state index in [0.29, 0.717) is 19.0 Å². The normalized spacial score (nSPS) is 12.4. The SMILES string of the molecule is CC(CNC(=O)CN(C)CCCCCO)c1ccccc1. The van der Waals surface area contributed by atoms with Gasteiger partial charge in [0.1, 0.15) is 0 Å². The Morgan fingerprint density at radius 2 is 1.95 bits per heavy atom. The van der Waals surface area contributed by atoms with Gasteiger partial charge in [-0.1, -0.05) is 37.3 Å². The number of nitrogens with zero attached hydrogens (tertiary/aromatic N) is 1. The summed E-state index contributed by atoms with van der Waals surface area (Å²) in [6.45, 7) is 4.36. The molecule has 1 aromatic rings. The third-order valence-corrected chi connectivity index (χ3v) is 3.59. The number of carbonyl (C=O) groups excluding carboxylic acids is 1. The highest BCUT2D eigenvalue weighted by atomic mass is 16.2. The molecule has 0 saturated heterocycles. The number of nitrogens with one attached hydrogen (secondary N) is 1. The van der Waals surface area contributed by atoms with Crippen LogP contribution in [0.2, 0.25) is 0 Å².